The highest BCUT2D eigenvalue weighted by molar-refractivity contribution is 14.1. The van der Waals surface area contributed by atoms with Crippen LogP contribution < -0.4 is 5.32 Å². The Bertz CT molecular complexity index is 845. The highest BCUT2D eigenvalue weighted by atomic mass is 127. The monoisotopic (exact) mass is 408 g/mol. The van der Waals surface area contributed by atoms with Crippen LogP contribution in [-0.4, -0.2) is 15.9 Å². The van der Waals surface area contributed by atoms with Gasteiger partial charge in [0.1, 0.15) is 0 Å². The number of nitrogens with zero attached hydrogens (tertiary/aromatic N) is 1. The molecule has 22 heavy (non-hydrogen) atoms. The van der Waals surface area contributed by atoms with Gasteiger partial charge in [-0.1, -0.05) is 0 Å². The van der Waals surface area contributed by atoms with Gasteiger partial charge in [-0.25, -0.2) is 0 Å². The van der Waals surface area contributed by atoms with E-state index in [9.17, 15) is 20.0 Å². The summed E-state index contributed by atoms with van der Waals surface area (Å²) in [7, 11) is 0. The molecule has 6 nitrogen and oxygen atoms in total. The maximum Gasteiger partial charge on any atom is 0.310 e. The van der Waals surface area contributed by atoms with E-state index in [4.69, 9.17) is 0 Å². The first-order chi connectivity index (χ1) is 10.5. The maximum absolute atomic E-state index is 12.1. The van der Waals surface area contributed by atoms with E-state index in [-0.39, 0.29) is 11.6 Å². The largest absolute Gasteiger partial charge is 0.502 e. The van der Waals surface area contributed by atoms with Crippen LogP contribution in [0.5, 0.6) is 5.75 Å². The number of nitro groups is 1. The number of carbonyl (C=O) groups is 1. The molecular formula is C15H9IN2O4. The van der Waals surface area contributed by atoms with Crippen LogP contribution in [0, 0.1) is 13.7 Å². The van der Waals surface area contributed by atoms with E-state index in [1.807, 2.05) is 18.2 Å². The zero-order valence-electron chi connectivity index (χ0n) is 11.0. The summed E-state index contributed by atoms with van der Waals surface area (Å²) in [5.74, 6) is -0.671. The Labute approximate surface area is 138 Å². The summed E-state index contributed by atoms with van der Waals surface area (Å²) in [5.41, 5.74) is 2.10. The molecule has 110 valence electrons. The lowest BCUT2D eigenvalue weighted by Crippen LogP contribution is -2.03. The molecule has 0 atom stereocenters. The summed E-state index contributed by atoms with van der Waals surface area (Å²) in [6, 6.07) is 9.56. The number of carbonyl (C=O) groups excluding carboxylic acids is 1. The third kappa shape index (κ3) is 2.54. The zero-order valence-corrected chi connectivity index (χ0v) is 13.2. The highest BCUT2D eigenvalue weighted by Gasteiger charge is 2.24. The third-order valence-electron chi connectivity index (χ3n) is 3.27. The van der Waals surface area contributed by atoms with Gasteiger partial charge in [0, 0.05) is 26.5 Å². The van der Waals surface area contributed by atoms with E-state index < -0.39 is 10.7 Å². The number of hydrogen-bond donors (Lipinski definition) is 2. The number of phenols is 1. The Kier molecular flexibility index (Phi) is 3.57. The molecule has 2 N–H and O–H groups in total. The Morgan fingerprint density at radius 3 is 2.68 bits per heavy atom. The number of phenolic OH excluding ortho intramolecular Hbond substituents is 1. The molecule has 2 aromatic rings. The fourth-order valence-corrected chi connectivity index (χ4v) is 2.75. The number of aromatic hydroxyl groups is 1. The van der Waals surface area contributed by atoms with Crippen molar-refractivity contribution in [3.05, 3.63) is 61.2 Å². The number of benzene rings is 2. The molecule has 0 bridgehead atoms. The van der Waals surface area contributed by atoms with Gasteiger partial charge in [0.25, 0.3) is 5.91 Å². The average molecular weight is 408 g/mol. The van der Waals surface area contributed by atoms with Crippen molar-refractivity contribution in [3.8, 4) is 5.75 Å². The van der Waals surface area contributed by atoms with Crippen molar-refractivity contribution in [1.29, 1.82) is 0 Å². The number of hydrogen-bond acceptors (Lipinski definition) is 4. The minimum absolute atomic E-state index is 0.241. The molecule has 1 amide bonds. The summed E-state index contributed by atoms with van der Waals surface area (Å²) < 4.78 is 0.991. The Morgan fingerprint density at radius 1 is 1.23 bits per heavy atom. The van der Waals surface area contributed by atoms with Gasteiger partial charge in [0.15, 0.2) is 5.75 Å². The van der Waals surface area contributed by atoms with E-state index in [0.717, 1.165) is 14.8 Å². The van der Waals surface area contributed by atoms with Crippen LogP contribution in [0.2, 0.25) is 0 Å². The smallest absolute Gasteiger partial charge is 0.310 e. The number of anilines is 1. The summed E-state index contributed by atoms with van der Waals surface area (Å²) >= 11 is 2.16. The van der Waals surface area contributed by atoms with E-state index in [1.54, 1.807) is 6.08 Å². The van der Waals surface area contributed by atoms with Gasteiger partial charge in [-0.05, 0) is 64.6 Å². The molecule has 2 aromatic carbocycles. The van der Waals surface area contributed by atoms with E-state index in [2.05, 4.69) is 27.9 Å². The standard InChI is InChI=1S/C15H9IN2O4/c16-9-2-3-12-10(7-9)11(15(20)17-12)5-8-1-4-13(18(21)22)14(19)6-8/h1-7,19H,(H,17,20). The number of nitrogens with one attached hydrogen (secondary N) is 1. The van der Waals surface area contributed by atoms with Gasteiger partial charge in [-0.3, -0.25) is 14.9 Å². The third-order valence-corrected chi connectivity index (χ3v) is 3.94. The van der Waals surface area contributed by atoms with Crippen LogP contribution >= 0.6 is 22.6 Å². The minimum atomic E-state index is -0.661. The number of rotatable bonds is 2. The molecule has 1 heterocycles. The molecule has 0 radical (unpaired) electrons. The molecule has 0 saturated carbocycles. The van der Waals surface area contributed by atoms with Crippen molar-refractivity contribution in [2.24, 2.45) is 0 Å². The fourth-order valence-electron chi connectivity index (χ4n) is 2.25. The molecular weight excluding hydrogens is 399 g/mol. The normalized spacial score (nSPS) is 14.8. The quantitative estimate of drug-likeness (QED) is 0.345. The Balaban J connectivity index is 2.06. The molecule has 0 aliphatic carbocycles. The molecule has 0 saturated heterocycles. The second kappa shape index (κ2) is 5.41. The van der Waals surface area contributed by atoms with Crippen molar-refractivity contribution in [1.82, 2.24) is 0 Å². The van der Waals surface area contributed by atoms with Crippen LogP contribution in [0.4, 0.5) is 11.4 Å². The lowest BCUT2D eigenvalue weighted by atomic mass is 10.0. The van der Waals surface area contributed by atoms with Crippen molar-refractivity contribution >= 4 is 51.5 Å². The summed E-state index contributed by atoms with van der Waals surface area (Å²) in [4.78, 5) is 22.1. The Hall–Kier alpha value is -2.42. The van der Waals surface area contributed by atoms with E-state index >= 15 is 0 Å². The Morgan fingerprint density at radius 2 is 2.00 bits per heavy atom. The van der Waals surface area contributed by atoms with Gasteiger partial charge >= 0.3 is 5.69 Å². The first-order valence-corrected chi connectivity index (χ1v) is 7.34. The number of fused-ring (bicyclic) bond motifs is 1. The summed E-state index contributed by atoms with van der Waals surface area (Å²) in [5, 5.41) is 23.1. The molecule has 0 fully saturated rings. The summed E-state index contributed by atoms with van der Waals surface area (Å²) in [6.07, 6.45) is 1.60. The average Bonchev–Trinajstić information content (AvgIpc) is 2.75. The first kappa shape index (κ1) is 14.5. The van der Waals surface area contributed by atoms with Gasteiger partial charge in [0.2, 0.25) is 0 Å². The number of halogens is 1. The van der Waals surface area contributed by atoms with Crippen molar-refractivity contribution < 1.29 is 14.8 Å². The zero-order chi connectivity index (χ0) is 15.9. The van der Waals surface area contributed by atoms with Crippen LogP contribution in [0.3, 0.4) is 0 Å². The maximum atomic E-state index is 12.1. The van der Waals surface area contributed by atoms with Gasteiger partial charge in [-0.15, -0.1) is 0 Å². The molecule has 0 unspecified atom stereocenters. The predicted octanol–water partition coefficient (Wildman–Crippen LogP) is 3.40. The molecule has 7 heteroatoms. The van der Waals surface area contributed by atoms with Gasteiger partial charge in [-0.2, -0.15) is 0 Å². The van der Waals surface area contributed by atoms with Crippen molar-refractivity contribution in [2.45, 2.75) is 0 Å². The van der Waals surface area contributed by atoms with Gasteiger partial charge < -0.3 is 10.4 Å². The van der Waals surface area contributed by atoms with E-state index in [0.29, 0.717) is 11.1 Å². The second-order valence-corrected chi connectivity index (χ2v) is 5.95. The SMILES string of the molecule is O=C1Nc2ccc(I)cc2C1=Cc1ccc([N+](=O)[O-])c(O)c1. The highest BCUT2D eigenvalue weighted by Crippen LogP contribution is 2.35. The van der Waals surface area contributed by atoms with E-state index in [1.165, 1.54) is 18.2 Å². The lowest BCUT2D eigenvalue weighted by molar-refractivity contribution is -0.385. The molecule has 0 spiro atoms. The first-order valence-electron chi connectivity index (χ1n) is 6.26. The van der Waals surface area contributed by atoms with Crippen molar-refractivity contribution in [3.63, 3.8) is 0 Å². The van der Waals surface area contributed by atoms with Crippen LogP contribution in [0.25, 0.3) is 11.6 Å². The lowest BCUT2D eigenvalue weighted by Gasteiger charge is -2.01. The van der Waals surface area contributed by atoms with Crippen LogP contribution in [0.15, 0.2) is 36.4 Å². The molecule has 3 rings (SSSR count). The molecule has 0 aromatic heterocycles. The molecule has 1 aliphatic rings. The minimum Gasteiger partial charge on any atom is -0.502 e. The number of amides is 1. The summed E-state index contributed by atoms with van der Waals surface area (Å²) in [6.45, 7) is 0. The van der Waals surface area contributed by atoms with Crippen LogP contribution in [-0.2, 0) is 4.79 Å². The van der Waals surface area contributed by atoms with Crippen LogP contribution in [0.1, 0.15) is 11.1 Å². The predicted molar refractivity (Wildman–Crippen MR) is 90.4 cm³/mol. The number of nitro benzene ring substituents is 1. The van der Waals surface area contributed by atoms with Gasteiger partial charge in [0.05, 0.1) is 4.92 Å². The topological polar surface area (TPSA) is 92.5 Å². The fraction of sp³-hybridized carbons (Fsp3) is 0. The van der Waals surface area contributed by atoms with Crippen molar-refractivity contribution in [2.75, 3.05) is 5.32 Å². The second-order valence-electron chi connectivity index (χ2n) is 4.71. The molecule has 1 aliphatic heterocycles.